The molecule has 0 radical (unpaired) electrons. The van der Waals surface area contributed by atoms with Crippen LogP contribution >= 0.6 is 0 Å². The lowest BCUT2D eigenvalue weighted by Crippen LogP contribution is -2.53. The lowest BCUT2D eigenvalue weighted by Gasteiger charge is -2.37. The van der Waals surface area contributed by atoms with Crippen molar-refractivity contribution in [3.05, 3.63) is 0 Å². The number of aliphatic carboxylic acids is 1. The first kappa shape index (κ1) is 14.3. The van der Waals surface area contributed by atoms with E-state index in [1.165, 1.54) is 0 Å². The summed E-state index contributed by atoms with van der Waals surface area (Å²) in [6.45, 7) is 2.97. The van der Waals surface area contributed by atoms with Crippen molar-refractivity contribution in [2.24, 2.45) is 5.41 Å². The van der Waals surface area contributed by atoms with Crippen LogP contribution in [0, 0.1) is 5.41 Å². The molecule has 1 aliphatic carbocycles. The number of morpholine rings is 1. The number of carbonyl (C=O) groups excluding carboxylic acids is 1. The molecule has 6 nitrogen and oxygen atoms in total. The standard InChI is InChI=1S/C13H21NO5/c1-9-7-14(8-10(19-9)11(15)16)12(17)13(3-4-13)5-6-18-2/h9-10H,3-8H2,1-2H3,(H,15,16)/t9-,10?/m1/s1. The fourth-order valence-corrected chi connectivity index (χ4v) is 2.61. The quantitative estimate of drug-likeness (QED) is 0.788. The molecule has 1 amide bonds. The smallest absolute Gasteiger partial charge is 0.334 e. The molecule has 2 atom stereocenters. The van der Waals surface area contributed by atoms with E-state index in [1.54, 1.807) is 18.9 Å². The number of rotatable bonds is 5. The van der Waals surface area contributed by atoms with Gasteiger partial charge in [-0.1, -0.05) is 0 Å². The maximum Gasteiger partial charge on any atom is 0.334 e. The second kappa shape index (κ2) is 5.46. The summed E-state index contributed by atoms with van der Waals surface area (Å²) in [5.74, 6) is -0.947. The Morgan fingerprint density at radius 1 is 1.42 bits per heavy atom. The normalized spacial score (nSPS) is 29.1. The van der Waals surface area contributed by atoms with Gasteiger partial charge < -0.3 is 19.5 Å². The van der Waals surface area contributed by atoms with Gasteiger partial charge in [-0.25, -0.2) is 4.79 Å². The lowest BCUT2D eigenvalue weighted by atomic mass is 10.00. The van der Waals surface area contributed by atoms with Gasteiger partial charge in [0.1, 0.15) is 0 Å². The molecule has 1 aliphatic heterocycles. The molecule has 1 unspecified atom stereocenters. The molecule has 2 fully saturated rings. The summed E-state index contributed by atoms with van der Waals surface area (Å²) in [4.78, 5) is 25.2. The topological polar surface area (TPSA) is 76.1 Å². The molecule has 108 valence electrons. The number of carbonyl (C=O) groups is 2. The summed E-state index contributed by atoms with van der Waals surface area (Å²) in [5, 5.41) is 9.03. The first-order valence-electron chi connectivity index (χ1n) is 6.65. The van der Waals surface area contributed by atoms with Crippen LogP contribution < -0.4 is 0 Å². The molecule has 6 heteroatoms. The average Bonchev–Trinajstić information content (AvgIpc) is 3.15. The molecule has 0 aromatic rings. The van der Waals surface area contributed by atoms with Crippen molar-refractivity contribution in [2.45, 2.75) is 38.4 Å². The molecular formula is C13H21NO5. The number of hydrogen-bond donors (Lipinski definition) is 1. The van der Waals surface area contributed by atoms with E-state index in [9.17, 15) is 9.59 Å². The van der Waals surface area contributed by atoms with Gasteiger partial charge in [0.25, 0.3) is 0 Å². The fraction of sp³-hybridized carbons (Fsp3) is 0.846. The van der Waals surface area contributed by atoms with Gasteiger partial charge in [0.2, 0.25) is 5.91 Å². The molecule has 0 spiro atoms. The molecule has 0 aromatic heterocycles. The Balaban J connectivity index is 2.00. The number of carboxylic acids is 1. The van der Waals surface area contributed by atoms with Crippen LogP contribution in [0.1, 0.15) is 26.2 Å². The summed E-state index contributed by atoms with van der Waals surface area (Å²) in [7, 11) is 1.62. The molecule has 2 rings (SSSR count). The number of methoxy groups -OCH3 is 1. The highest BCUT2D eigenvalue weighted by Crippen LogP contribution is 2.50. The minimum atomic E-state index is -1.01. The third-order valence-corrected chi connectivity index (χ3v) is 3.91. The third-order valence-electron chi connectivity index (χ3n) is 3.91. The predicted molar refractivity (Wildman–Crippen MR) is 66.7 cm³/mol. The molecule has 0 bridgehead atoms. The highest BCUT2D eigenvalue weighted by atomic mass is 16.5. The van der Waals surface area contributed by atoms with E-state index >= 15 is 0 Å². The van der Waals surface area contributed by atoms with E-state index in [1.807, 2.05) is 0 Å². The maximum absolute atomic E-state index is 12.5. The number of ether oxygens (including phenoxy) is 2. The van der Waals surface area contributed by atoms with Crippen LogP contribution in [-0.4, -0.2) is 60.9 Å². The molecule has 1 N–H and O–H groups in total. The number of carboxylic acid groups (broad SMARTS) is 1. The van der Waals surface area contributed by atoms with Gasteiger partial charge in [0.15, 0.2) is 6.10 Å². The fourth-order valence-electron chi connectivity index (χ4n) is 2.61. The first-order valence-corrected chi connectivity index (χ1v) is 6.65. The Labute approximate surface area is 112 Å². The zero-order valence-corrected chi connectivity index (χ0v) is 11.4. The van der Waals surface area contributed by atoms with Crippen LogP contribution in [0.25, 0.3) is 0 Å². The third kappa shape index (κ3) is 3.06. The van der Waals surface area contributed by atoms with Crippen molar-refractivity contribution in [1.82, 2.24) is 4.90 Å². The van der Waals surface area contributed by atoms with Gasteiger partial charge in [-0.3, -0.25) is 4.79 Å². The van der Waals surface area contributed by atoms with Crippen molar-refractivity contribution < 1.29 is 24.2 Å². The van der Waals surface area contributed by atoms with Crippen LogP contribution in [0.4, 0.5) is 0 Å². The van der Waals surface area contributed by atoms with Gasteiger partial charge >= 0.3 is 5.97 Å². The highest BCUT2D eigenvalue weighted by molar-refractivity contribution is 5.86. The second-order valence-corrected chi connectivity index (χ2v) is 5.51. The lowest BCUT2D eigenvalue weighted by molar-refractivity contribution is -0.168. The average molecular weight is 271 g/mol. The van der Waals surface area contributed by atoms with Crippen LogP contribution in [-0.2, 0) is 19.1 Å². The Morgan fingerprint density at radius 2 is 2.11 bits per heavy atom. The Morgan fingerprint density at radius 3 is 2.63 bits per heavy atom. The van der Waals surface area contributed by atoms with Crippen molar-refractivity contribution in [3.8, 4) is 0 Å². The number of amides is 1. The van der Waals surface area contributed by atoms with E-state index in [2.05, 4.69) is 0 Å². The zero-order chi connectivity index (χ0) is 14.0. The van der Waals surface area contributed by atoms with E-state index in [4.69, 9.17) is 14.6 Å². The molecular weight excluding hydrogens is 250 g/mol. The van der Waals surface area contributed by atoms with Crippen molar-refractivity contribution >= 4 is 11.9 Å². The van der Waals surface area contributed by atoms with Crippen molar-refractivity contribution in [1.29, 1.82) is 0 Å². The minimum Gasteiger partial charge on any atom is -0.479 e. The summed E-state index contributed by atoms with van der Waals surface area (Å²) in [6, 6.07) is 0. The van der Waals surface area contributed by atoms with Gasteiger partial charge in [-0.05, 0) is 26.2 Å². The van der Waals surface area contributed by atoms with Gasteiger partial charge in [-0.2, -0.15) is 0 Å². The maximum atomic E-state index is 12.5. The predicted octanol–water partition coefficient (Wildman–Crippen LogP) is 0.504. The monoisotopic (exact) mass is 271 g/mol. The Hall–Kier alpha value is -1.14. The Bertz CT molecular complexity index is 366. The summed E-state index contributed by atoms with van der Waals surface area (Å²) < 4.78 is 10.4. The van der Waals surface area contributed by atoms with Crippen molar-refractivity contribution in [2.75, 3.05) is 26.8 Å². The summed E-state index contributed by atoms with van der Waals surface area (Å²) >= 11 is 0. The van der Waals surface area contributed by atoms with Gasteiger partial charge in [0.05, 0.1) is 18.1 Å². The van der Waals surface area contributed by atoms with E-state index in [0.29, 0.717) is 19.6 Å². The number of hydrogen-bond acceptors (Lipinski definition) is 4. The molecule has 1 heterocycles. The molecule has 0 aromatic carbocycles. The molecule has 19 heavy (non-hydrogen) atoms. The SMILES string of the molecule is COCCC1(C(=O)N2CC(C(=O)O)O[C@H](C)C2)CC1. The van der Waals surface area contributed by atoms with Gasteiger partial charge in [-0.15, -0.1) is 0 Å². The van der Waals surface area contributed by atoms with Crippen LogP contribution in [0.5, 0.6) is 0 Å². The van der Waals surface area contributed by atoms with Gasteiger partial charge in [0, 0.05) is 20.3 Å². The summed E-state index contributed by atoms with van der Waals surface area (Å²) in [5.41, 5.74) is -0.309. The summed E-state index contributed by atoms with van der Waals surface area (Å²) in [6.07, 6.45) is 1.31. The molecule has 2 aliphatic rings. The number of nitrogens with zero attached hydrogens (tertiary/aromatic N) is 1. The van der Waals surface area contributed by atoms with E-state index in [0.717, 1.165) is 12.8 Å². The zero-order valence-electron chi connectivity index (χ0n) is 11.4. The minimum absolute atomic E-state index is 0.0611. The Kier molecular flexibility index (Phi) is 4.10. The van der Waals surface area contributed by atoms with E-state index < -0.39 is 12.1 Å². The molecule has 1 saturated heterocycles. The first-order chi connectivity index (χ1) is 8.98. The van der Waals surface area contributed by atoms with Crippen LogP contribution in [0.3, 0.4) is 0 Å². The van der Waals surface area contributed by atoms with Crippen LogP contribution in [0.2, 0.25) is 0 Å². The second-order valence-electron chi connectivity index (χ2n) is 5.51. The molecule has 1 saturated carbocycles. The van der Waals surface area contributed by atoms with Crippen molar-refractivity contribution in [3.63, 3.8) is 0 Å². The largest absolute Gasteiger partial charge is 0.479 e. The highest BCUT2D eigenvalue weighted by Gasteiger charge is 2.52. The van der Waals surface area contributed by atoms with E-state index in [-0.39, 0.29) is 24.0 Å². The van der Waals surface area contributed by atoms with Crippen LogP contribution in [0.15, 0.2) is 0 Å².